The summed E-state index contributed by atoms with van der Waals surface area (Å²) >= 11 is 6.07. The Kier molecular flexibility index (Phi) is 4.27. The first kappa shape index (κ1) is 12.7. The van der Waals surface area contributed by atoms with Crippen molar-refractivity contribution in [2.24, 2.45) is 0 Å². The summed E-state index contributed by atoms with van der Waals surface area (Å²) in [5, 5.41) is 0.274. The van der Waals surface area contributed by atoms with Crippen LogP contribution >= 0.6 is 11.6 Å². The topological polar surface area (TPSA) is 9.23 Å². The molecule has 2 rings (SSSR count). The number of hydrogen-bond acceptors (Lipinski definition) is 1. The molecule has 0 radical (unpaired) electrons. The number of benzene rings is 1. The van der Waals surface area contributed by atoms with Crippen LogP contribution in [0.15, 0.2) is 18.2 Å². The number of halogens is 2. The minimum Gasteiger partial charge on any atom is -0.490 e. The minimum atomic E-state index is -0.181. The number of fused-ring (bicyclic) bond motifs is 1. The molecule has 0 saturated heterocycles. The molecule has 1 aromatic carbocycles. The molecule has 17 heavy (non-hydrogen) atoms. The van der Waals surface area contributed by atoms with Crippen molar-refractivity contribution in [3.05, 3.63) is 29.6 Å². The standard InChI is InChI=1S/C14H18ClFO/c1-2-11(15)4-3-5-13-9-10-8-12(16)6-7-14(10)17-13/h6-8,11,13H,2-5,9H2,1H3. The molecule has 1 aliphatic heterocycles. The van der Waals surface area contributed by atoms with Gasteiger partial charge in [-0.2, -0.15) is 0 Å². The fraction of sp³-hybridized carbons (Fsp3) is 0.571. The third kappa shape index (κ3) is 3.35. The van der Waals surface area contributed by atoms with Crippen molar-refractivity contribution < 1.29 is 9.13 Å². The van der Waals surface area contributed by atoms with Gasteiger partial charge in [0.25, 0.3) is 0 Å². The summed E-state index contributed by atoms with van der Waals surface area (Å²) < 4.78 is 18.8. The van der Waals surface area contributed by atoms with Gasteiger partial charge in [-0.25, -0.2) is 4.39 Å². The minimum absolute atomic E-state index is 0.181. The van der Waals surface area contributed by atoms with Crippen molar-refractivity contribution in [2.75, 3.05) is 0 Å². The molecule has 0 fully saturated rings. The van der Waals surface area contributed by atoms with Crippen LogP contribution in [0.25, 0.3) is 0 Å². The summed E-state index contributed by atoms with van der Waals surface area (Å²) in [4.78, 5) is 0. The molecule has 0 amide bonds. The van der Waals surface area contributed by atoms with Crippen molar-refractivity contribution in [2.45, 2.75) is 50.5 Å². The van der Waals surface area contributed by atoms with Gasteiger partial charge in [-0.05, 0) is 43.9 Å². The molecule has 1 heterocycles. The first-order valence-electron chi connectivity index (χ1n) is 6.28. The molecule has 0 bridgehead atoms. The van der Waals surface area contributed by atoms with E-state index < -0.39 is 0 Å². The molecule has 94 valence electrons. The van der Waals surface area contributed by atoms with Gasteiger partial charge in [0.1, 0.15) is 17.7 Å². The maximum atomic E-state index is 13.0. The fourth-order valence-electron chi connectivity index (χ4n) is 2.22. The average molecular weight is 257 g/mol. The Morgan fingerprint density at radius 3 is 3.12 bits per heavy atom. The highest BCUT2D eigenvalue weighted by Crippen LogP contribution is 2.31. The van der Waals surface area contributed by atoms with Gasteiger partial charge in [0.05, 0.1) is 0 Å². The third-order valence-corrected chi connectivity index (χ3v) is 3.78. The fourth-order valence-corrected chi connectivity index (χ4v) is 2.38. The Balaban J connectivity index is 1.80. The zero-order chi connectivity index (χ0) is 12.3. The van der Waals surface area contributed by atoms with E-state index >= 15 is 0 Å². The van der Waals surface area contributed by atoms with Gasteiger partial charge in [-0.15, -0.1) is 11.6 Å². The summed E-state index contributed by atoms with van der Waals surface area (Å²) in [5.41, 5.74) is 0.993. The van der Waals surface area contributed by atoms with E-state index in [0.717, 1.165) is 43.4 Å². The summed E-state index contributed by atoms with van der Waals surface area (Å²) in [6.07, 6.45) is 5.14. The number of alkyl halides is 1. The van der Waals surface area contributed by atoms with Crippen LogP contribution in [0.1, 0.15) is 38.2 Å². The molecule has 1 aliphatic rings. The van der Waals surface area contributed by atoms with E-state index in [-0.39, 0.29) is 17.3 Å². The molecule has 0 aliphatic carbocycles. The van der Waals surface area contributed by atoms with Crippen molar-refractivity contribution in [1.82, 2.24) is 0 Å². The zero-order valence-corrected chi connectivity index (χ0v) is 10.8. The van der Waals surface area contributed by atoms with Gasteiger partial charge in [-0.3, -0.25) is 0 Å². The highest BCUT2D eigenvalue weighted by molar-refractivity contribution is 6.20. The molecule has 0 saturated carbocycles. The quantitative estimate of drug-likeness (QED) is 0.713. The summed E-state index contributed by atoms with van der Waals surface area (Å²) in [6.45, 7) is 2.10. The summed E-state index contributed by atoms with van der Waals surface area (Å²) in [7, 11) is 0. The van der Waals surface area contributed by atoms with Crippen LogP contribution < -0.4 is 4.74 Å². The van der Waals surface area contributed by atoms with Gasteiger partial charge in [0.15, 0.2) is 0 Å². The van der Waals surface area contributed by atoms with Crippen LogP contribution in [0.4, 0.5) is 4.39 Å². The summed E-state index contributed by atoms with van der Waals surface area (Å²) in [5.74, 6) is 0.661. The Bertz CT molecular complexity index is 380. The van der Waals surface area contributed by atoms with Crippen molar-refractivity contribution in [1.29, 1.82) is 0 Å². The Hall–Kier alpha value is -0.760. The molecule has 0 N–H and O–H groups in total. The molecule has 3 heteroatoms. The van der Waals surface area contributed by atoms with Crippen LogP contribution in [0.2, 0.25) is 0 Å². The van der Waals surface area contributed by atoms with Crippen LogP contribution in [0.3, 0.4) is 0 Å². The lowest BCUT2D eigenvalue weighted by Gasteiger charge is -2.11. The lowest BCUT2D eigenvalue weighted by molar-refractivity contribution is 0.216. The van der Waals surface area contributed by atoms with Crippen LogP contribution in [0.5, 0.6) is 5.75 Å². The van der Waals surface area contributed by atoms with Crippen LogP contribution in [0, 0.1) is 5.82 Å². The van der Waals surface area contributed by atoms with E-state index in [4.69, 9.17) is 16.3 Å². The largest absolute Gasteiger partial charge is 0.490 e. The van der Waals surface area contributed by atoms with Gasteiger partial charge in [0.2, 0.25) is 0 Å². The maximum absolute atomic E-state index is 13.0. The second kappa shape index (κ2) is 5.72. The monoisotopic (exact) mass is 256 g/mol. The molecule has 2 atom stereocenters. The van der Waals surface area contributed by atoms with E-state index in [0.29, 0.717) is 0 Å². The second-order valence-corrected chi connectivity index (χ2v) is 5.25. The molecule has 1 aromatic rings. The maximum Gasteiger partial charge on any atom is 0.123 e. The summed E-state index contributed by atoms with van der Waals surface area (Å²) in [6, 6.07) is 4.75. The molecule has 0 spiro atoms. The number of ether oxygens (including phenoxy) is 1. The van der Waals surface area contributed by atoms with E-state index in [1.165, 1.54) is 6.07 Å². The molecular formula is C14H18ClFO. The van der Waals surface area contributed by atoms with E-state index in [2.05, 4.69) is 6.92 Å². The predicted octanol–water partition coefficient (Wildman–Crippen LogP) is 4.32. The molecular weight excluding hydrogens is 239 g/mol. The lowest BCUT2D eigenvalue weighted by Crippen LogP contribution is -2.13. The highest BCUT2D eigenvalue weighted by Gasteiger charge is 2.22. The Morgan fingerprint density at radius 1 is 1.53 bits per heavy atom. The highest BCUT2D eigenvalue weighted by atomic mass is 35.5. The van der Waals surface area contributed by atoms with Crippen molar-refractivity contribution in [3.8, 4) is 5.75 Å². The average Bonchev–Trinajstić information content (AvgIpc) is 2.70. The van der Waals surface area contributed by atoms with E-state index in [1.54, 1.807) is 12.1 Å². The molecule has 1 nitrogen and oxygen atoms in total. The van der Waals surface area contributed by atoms with E-state index in [9.17, 15) is 4.39 Å². The molecule has 2 unspecified atom stereocenters. The zero-order valence-electron chi connectivity index (χ0n) is 10.1. The Morgan fingerprint density at radius 2 is 2.35 bits per heavy atom. The van der Waals surface area contributed by atoms with Gasteiger partial charge in [0, 0.05) is 17.4 Å². The first-order valence-corrected chi connectivity index (χ1v) is 6.72. The molecule has 0 aromatic heterocycles. The Labute approximate surface area is 107 Å². The predicted molar refractivity (Wildman–Crippen MR) is 68.3 cm³/mol. The van der Waals surface area contributed by atoms with Gasteiger partial charge < -0.3 is 4.74 Å². The lowest BCUT2D eigenvalue weighted by atomic mass is 10.0. The second-order valence-electron chi connectivity index (χ2n) is 4.63. The van der Waals surface area contributed by atoms with Crippen LogP contribution in [-0.2, 0) is 6.42 Å². The normalized spacial score (nSPS) is 19.8. The van der Waals surface area contributed by atoms with Gasteiger partial charge in [-0.1, -0.05) is 6.92 Å². The third-order valence-electron chi connectivity index (χ3n) is 3.25. The smallest absolute Gasteiger partial charge is 0.123 e. The van der Waals surface area contributed by atoms with Crippen molar-refractivity contribution in [3.63, 3.8) is 0 Å². The number of hydrogen-bond donors (Lipinski definition) is 0. The van der Waals surface area contributed by atoms with Crippen molar-refractivity contribution >= 4 is 11.6 Å². The first-order chi connectivity index (χ1) is 8.19. The van der Waals surface area contributed by atoms with Gasteiger partial charge >= 0.3 is 0 Å². The number of rotatable bonds is 5. The van der Waals surface area contributed by atoms with E-state index in [1.807, 2.05) is 0 Å². The van der Waals surface area contributed by atoms with Crippen LogP contribution in [-0.4, -0.2) is 11.5 Å². The SMILES string of the molecule is CCC(Cl)CCCC1Cc2cc(F)ccc2O1.